The number of fused-ring (bicyclic) bond motifs is 3. The minimum atomic E-state index is -2.39. The third kappa shape index (κ3) is 10.7. The van der Waals surface area contributed by atoms with Gasteiger partial charge in [0.2, 0.25) is 11.7 Å². The van der Waals surface area contributed by atoms with Crippen LogP contribution < -0.4 is 31.6 Å². The molecule has 0 aromatic heterocycles. The standard InChI is InChI=1S/C45H52N4O19/c1-20-37(54)25(49-30(53)8-3-5-21(51)19-65-14-13-64-12-11-48-44(61)68-27-10-9-24(46)40(57)34(27)43(47)60)15-31(66-20)67-28-17-45(62,29(52)18-50)16-23-33(28)42(59)36-35(39(23)56)38(55)22-6-4-7-26(63-2)32(22)41(36)58/h4,6-7,9-10,20,25,28,31,37,50,54,56-57,59,62H,3,5,8,11-19,46H2,1-2H3,(H2,47,60)(H,48,61)(H,49,53)/t20-,25-,28+,31?,37+,45-/m0/s1. The molecular weight excluding hydrogens is 901 g/mol. The number of phenols is 3. The van der Waals surface area contributed by atoms with E-state index in [4.69, 9.17) is 39.9 Å². The van der Waals surface area contributed by atoms with Gasteiger partial charge in [0.1, 0.15) is 53.5 Å². The Morgan fingerprint density at radius 1 is 0.912 bits per heavy atom. The molecular formula is C45H52N4O19. The molecule has 1 unspecified atom stereocenters. The van der Waals surface area contributed by atoms with Gasteiger partial charge >= 0.3 is 6.09 Å². The van der Waals surface area contributed by atoms with Gasteiger partial charge in [-0.2, -0.15) is 0 Å². The molecule has 3 aliphatic rings. The molecule has 1 heterocycles. The number of ether oxygens (including phenoxy) is 6. The van der Waals surface area contributed by atoms with Gasteiger partial charge in [-0.1, -0.05) is 12.1 Å². The Kier molecular flexibility index (Phi) is 16.0. The third-order valence-electron chi connectivity index (χ3n) is 11.7. The van der Waals surface area contributed by atoms with Crippen molar-refractivity contribution < 1.29 is 92.6 Å². The Hall–Kier alpha value is -6.73. The first-order chi connectivity index (χ1) is 32.3. The molecule has 0 radical (unpaired) electrons. The van der Waals surface area contributed by atoms with E-state index in [0.717, 1.165) is 0 Å². The topological polar surface area (TPSA) is 372 Å². The number of ketones is 4. The summed E-state index contributed by atoms with van der Waals surface area (Å²) in [6.07, 6.45) is -7.52. The summed E-state index contributed by atoms with van der Waals surface area (Å²) in [4.78, 5) is 89.9. The second-order valence-corrected chi connectivity index (χ2v) is 16.3. The summed E-state index contributed by atoms with van der Waals surface area (Å²) in [5, 5.41) is 70.7. The van der Waals surface area contributed by atoms with Crippen LogP contribution in [0, 0.1) is 0 Å². The number of aliphatic hydroxyl groups is 3. The number of Topliss-reactive ketones (excluding diaryl/α,β-unsaturated/α-hetero) is 2. The van der Waals surface area contributed by atoms with Crippen molar-refractivity contribution >= 4 is 46.7 Å². The Morgan fingerprint density at radius 2 is 1.63 bits per heavy atom. The van der Waals surface area contributed by atoms with E-state index in [2.05, 4.69) is 10.6 Å². The fraction of sp³-hybridized carbons (Fsp3) is 0.444. The molecule has 3 amide bonds. The lowest BCUT2D eigenvalue weighted by Crippen LogP contribution is -2.55. The quantitative estimate of drug-likeness (QED) is 0.0243. The molecule has 1 aliphatic heterocycles. The summed E-state index contributed by atoms with van der Waals surface area (Å²) >= 11 is 0. The smallest absolute Gasteiger partial charge is 0.412 e. The summed E-state index contributed by atoms with van der Waals surface area (Å²) in [7, 11) is 1.29. The first-order valence-corrected chi connectivity index (χ1v) is 21.4. The predicted molar refractivity (Wildman–Crippen MR) is 231 cm³/mol. The zero-order valence-corrected chi connectivity index (χ0v) is 36.9. The van der Waals surface area contributed by atoms with Gasteiger partial charge in [0.15, 0.2) is 29.4 Å². The van der Waals surface area contributed by atoms with Gasteiger partial charge in [0, 0.05) is 55.3 Å². The predicted octanol–water partition coefficient (Wildman–Crippen LogP) is 0.107. The normalized spacial score (nSPS) is 21.8. The van der Waals surface area contributed by atoms with Crippen LogP contribution in [0.5, 0.6) is 28.7 Å². The van der Waals surface area contributed by atoms with Gasteiger partial charge in [0.05, 0.1) is 67.6 Å². The largest absolute Gasteiger partial charge is 0.507 e. The van der Waals surface area contributed by atoms with E-state index in [-0.39, 0.29) is 104 Å². The number of carbonyl (C=O) groups excluding carboxylic acids is 7. The summed E-state index contributed by atoms with van der Waals surface area (Å²) < 4.78 is 33.1. The maximum atomic E-state index is 14.0. The molecule has 1 saturated heterocycles. The SMILES string of the molecule is COc1cccc2c1C(=O)c1c(O)c3c(c(O)c1C2=O)C[C@@](O)(C(=O)CO)C[C@H]3OC1C[C@H](NC(=O)CCCC(=O)COCCOCCNC(=O)Oc2ccc(N)c(O)c2C(N)=O)[C@H](O)[C@H](C)O1. The van der Waals surface area contributed by atoms with Gasteiger partial charge in [-0.15, -0.1) is 0 Å². The number of methoxy groups -OCH3 is 1. The minimum absolute atomic E-state index is 0.00539. The van der Waals surface area contributed by atoms with Crippen LogP contribution in [0.4, 0.5) is 10.5 Å². The Balaban J connectivity index is 0.986. The number of hydrogen-bond donors (Lipinski definition) is 10. The highest BCUT2D eigenvalue weighted by molar-refractivity contribution is 6.31. The van der Waals surface area contributed by atoms with Crippen LogP contribution in [-0.4, -0.2) is 149 Å². The van der Waals surface area contributed by atoms with Crippen molar-refractivity contribution in [2.24, 2.45) is 5.73 Å². The van der Waals surface area contributed by atoms with Gasteiger partial charge in [-0.05, 0) is 31.5 Å². The third-order valence-corrected chi connectivity index (χ3v) is 11.7. The molecule has 2 aliphatic carbocycles. The van der Waals surface area contributed by atoms with Crippen LogP contribution in [0.15, 0.2) is 30.3 Å². The lowest BCUT2D eigenvalue weighted by molar-refractivity contribution is -0.249. The van der Waals surface area contributed by atoms with Crippen LogP contribution in [0.2, 0.25) is 0 Å². The van der Waals surface area contributed by atoms with E-state index in [0.29, 0.717) is 0 Å². The highest BCUT2D eigenvalue weighted by atomic mass is 16.7. The summed E-state index contributed by atoms with van der Waals surface area (Å²) in [5.74, 6) is -7.07. The first-order valence-electron chi connectivity index (χ1n) is 21.4. The van der Waals surface area contributed by atoms with Crippen LogP contribution >= 0.6 is 0 Å². The average Bonchev–Trinajstić information content (AvgIpc) is 3.29. The first kappa shape index (κ1) is 50.7. The van der Waals surface area contributed by atoms with Crippen LogP contribution in [0.25, 0.3) is 0 Å². The number of rotatable bonds is 20. The molecule has 0 bridgehead atoms. The van der Waals surface area contributed by atoms with Gasteiger partial charge in [-0.25, -0.2) is 4.79 Å². The molecule has 366 valence electrons. The number of primary amides is 1. The molecule has 3 aromatic carbocycles. The highest BCUT2D eigenvalue weighted by Crippen LogP contribution is 2.52. The van der Waals surface area contributed by atoms with E-state index >= 15 is 0 Å². The van der Waals surface area contributed by atoms with Crippen molar-refractivity contribution in [1.82, 2.24) is 10.6 Å². The maximum Gasteiger partial charge on any atom is 0.412 e. The van der Waals surface area contributed by atoms with Crippen molar-refractivity contribution in [2.75, 3.05) is 52.4 Å². The molecule has 0 saturated carbocycles. The molecule has 12 N–H and O–H groups in total. The number of carbonyl (C=O) groups is 7. The van der Waals surface area contributed by atoms with Crippen molar-refractivity contribution in [2.45, 2.75) is 81.7 Å². The van der Waals surface area contributed by atoms with Gasteiger partial charge in [0.25, 0.3) is 5.91 Å². The zero-order valence-electron chi connectivity index (χ0n) is 36.9. The number of aliphatic hydroxyl groups excluding tert-OH is 2. The Labute approximate surface area is 387 Å². The molecule has 6 rings (SSSR count). The second kappa shape index (κ2) is 21.5. The van der Waals surface area contributed by atoms with E-state index in [9.17, 15) is 64.2 Å². The molecule has 23 nitrogen and oxygen atoms in total. The van der Waals surface area contributed by atoms with Crippen molar-refractivity contribution in [3.8, 4) is 28.7 Å². The van der Waals surface area contributed by atoms with Crippen molar-refractivity contribution in [3.05, 3.63) is 69.3 Å². The molecule has 23 heteroatoms. The number of nitrogens with two attached hydrogens (primary N) is 2. The number of aromatic hydroxyl groups is 3. The zero-order chi connectivity index (χ0) is 49.6. The van der Waals surface area contributed by atoms with E-state index in [1.807, 2.05) is 0 Å². The molecule has 68 heavy (non-hydrogen) atoms. The van der Waals surface area contributed by atoms with Crippen LogP contribution in [-0.2, 0) is 39.8 Å². The summed E-state index contributed by atoms with van der Waals surface area (Å²) in [6, 6.07) is 5.69. The van der Waals surface area contributed by atoms with E-state index in [1.54, 1.807) is 0 Å². The van der Waals surface area contributed by atoms with Crippen molar-refractivity contribution in [1.29, 1.82) is 0 Å². The lowest BCUT2D eigenvalue weighted by atomic mass is 9.72. The maximum absolute atomic E-state index is 14.0. The van der Waals surface area contributed by atoms with E-state index in [1.165, 1.54) is 44.4 Å². The fourth-order valence-electron chi connectivity index (χ4n) is 8.34. The monoisotopic (exact) mass is 952 g/mol. The van der Waals surface area contributed by atoms with Crippen LogP contribution in [0.1, 0.15) is 98.5 Å². The number of phenolic OH excluding ortho intramolecular Hbond substituents is 2. The van der Waals surface area contributed by atoms with Crippen LogP contribution in [0.3, 0.4) is 0 Å². The Bertz CT molecular complexity index is 2500. The van der Waals surface area contributed by atoms with Gasteiger partial charge < -0.3 is 81.2 Å². The number of benzene rings is 3. The number of amides is 3. The van der Waals surface area contributed by atoms with Crippen molar-refractivity contribution in [3.63, 3.8) is 0 Å². The number of anilines is 1. The number of nitrogens with one attached hydrogen (secondary N) is 2. The lowest BCUT2D eigenvalue weighted by Gasteiger charge is -2.43. The molecule has 0 spiro atoms. The molecule has 1 fully saturated rings. The Morgan fingerprint density at radius 3 is 2.34 bits per heavy atom. The summed E-state index contributed by atoms with van der Waals surface area (Å²) in [5.41, 5.74) is 5.90. The summed E-state index contributed by atoms with van der Waals surface area (Å²) in [6.45, 7) is 0.223. The molecule has 6 atom stereocenters. The average molecular weight is 953 g/mol. The highest BCUT2D eigenvalue weighted by Gasteiger charge is 2.50. The van der Waals surface area contributed by atoms with E-state index < -0.39 is 125 Å². The second-order valence-electron chi connectivity index (χ2n) is 16.3. The minimum Gasteiger partial charge on any atom is -0.507 e. The molecule has 3 aromatic rings. The number of nitrogen functional groups attached to an aromatic ring is 1. The fourth-order valence-corrected chi connectivity index (χ4v) is 8.34. The van der Waals surface area contributed by atoms with Gasteiger partial charge in [-0.3, -0.25) is 28.8 Å². The number of hydrogen-bond acceptors (Lipinski definition) is 20.